The van der Waals surface area contributed by atoms with Gasteiger partial charge in [-0.3, -0.25) is 4.79 Å². The Bertz CT molecular complexity index is 629. The summed E-state index contributed by atoms with van der Waals surface area (Å²) >= 11 is 1.57. The van der Waals surface area contributed by atoms with Gasteiger partial charge in [0.1, 0.15) is 5.75 Å². The van der Waals surface area contributed by atoms with Crippen LogP contribution in [-0.2, 0) is 0 Å². The maximum atomic E-state index is 12.3. The van der Waals surface area contributed by atoms with Gasteiger partial charge in [0.05, 0.1) is 24.0 Å². The van der Waals surface area contributed by atoms with Crippen LogP contribution < -0.4 is 15.8 Å². The summed E-state index contributed by atoms with van der Waals surface area (Å²) in [5.41, 5.74) is 7.44. The molecule has 0 radical (unpaired) electrons. The normalized spacial score (nSPS) is 10.1. The number of rotatable bonds is 4. The molecule has 1 amide bonds. The maximum absolute atomic E-state index is 12.3. The van der Waals surface area contributed by atoms with Crippen molar-refractivity contribution < 1.29 is 9.53 Å². The maximum Gasteiger partial charge on any atom is 0.257 e. The lowest BCUT2D eigenvalue weighted by molar-refractivity contribution is 0.102. The van der Waals surface area contributed by atoms with E-state index in [0.29, 0.717) is 17.0 Å². The Morgan fingerprint density at radius 3 is 2.65 bits per heavy atom. The molecule has 2 aromatic rings. The molecule has 0 fully saturated rings. The number of nitrogens with one attached hydrogen (secondary N) is 1. The highest BCUT2D eigenvalue weighted by Gasteiger charge is 2.14. The van der Waals surface area contributed by atoms with Crippen molar-refractivity contribution in [2.45, 2.75) is 4.90 Å². The summed E-state index contributed by atoms with van der Waals surface area (Å²) in [6.45, 7) is 0. The number of methoxy groups -OCH3 is 1. The van der Waals surface area contributed by atoms with Crippen molar-refractivity contribution >= 4 is 29.0 Å². The Morgan fingerprint density at radius 1 is 1.20 bits per heavy atom. The molecular formula is C15H16N2O2S. The fourth-order valence-corrected chi connectivity index (χ4v) is 2.41. The van der Waals surface area contributed by atoms with E-state index in [1.165, 1.54) is 7.11 Å². The van der Waals surface area contributed by atoms with Gasteiger partial charge in [-0.15, -0.1) is 11.8 Å². The van der Waals surface area contributed by atoms with Gasteiger partial charge in [0.2, 0.25) is 0 Å². The van der Waals surface area contributed by atoms with Crippen molar-refractivity contribution in [3.63, 3.8) is 0 Å². The molecular weight excluding hydrogens is 272 g/mol. The number of ether oxygens (including phenoxy) is 1. The molecule has 0 saturated carbocycles. The van der Waals surface area contributed by atoms with Crippen LogP contribution in [-0.4, -0.2) is 19.3 Å². The van der Waals surface area contributed by atoms with Crippen LogP contribution in [0.5, 0.6) is 5.75 Å². The lowest BCUT2D eigenvalue weighted by atomic mass is 10.1. The average Bonchev–Trinajstić information content (AvgIpc) is 2.48. The number of hydrogen-bond donors (Lipinski definition) is 2. The van der Waals surface area contributed by atoms with Crippen LogP contribution in [0.4, 0.5) is 11.4 Å². The second-order valence-corrected chi connectivity index (χ2v) is 4.92. The minimum atomic E-state index is -0.247. The van der Waals surface area contributed by atoms with E-state index in [0.717, 1.165) is 10.6 Å². The molecule has 104 valence electrons. The Hall–Kier alpha value is -2.14. The van der Waals surface area contributed by atoms with Gasteiger partial charge in [0.25, 0.3) is 5.91 Å². The van der Waals surface area contributed by atoms with Gasteiger partial charge in [-0.25, -0.2) is 0 Å². The van der Waals surface area contributed by atoms with E-state index in [-0.39, 0.29) is 5.91 Å². The number of amides is 1. The van der Waals surface area contributed by atoms with Crippen LogP contribution in [0.15, 0.2) is 47.4 Å². The number of benzene rings is 2. The predicted octanol–water partition coefficient (Wildman–Crippen LogP) is 3.25. The van der Waals surface area contributed by atoms with Crippen LogP contribution in [0.25, 0.3) is 0 Å². The third kappa shape index (κ3) is 2.88. The molecule has 0 spiro atoms. The van der Waals surface area contributed by atoms with Gasteiger partial charge >= 0.3 is 0 Å². The molecule has 0 unspecified atom stereocenters. The lowest BCUT2D eigenvalue weighted by Gasteiger charge is -2.12. The van der Waals surface area contributed by atoms with E-state index in [1.54, 1.807) is 30.0 Å². The first-order valence-corrected chi connectivity index (χ1v) is 7.26. The molecule has 0 aromatic heterocycles. The monoisotopic (exact) mass is 288 g/mol. The lowest BCUT2D eigenvalue weighted by Crippen LogP contribution is -2.15. The largest absolute Gasteiger partial charge is 0.495 e. The van der Waals surface area contributed by atoms with Crippen LogP contribution >= 0.6 is 11.8 Å². The van der Waals surface area contributed by atoms with E-state index in [2.05, 4.69) is 5.32 Å². The first-order valence-electron chi connectivity index (χ1n) is 6.04. The minimum Gasteiger partial charge on any atom is -0.495 e. The van der Waals surface area contributed by atoms with Crippen LogP contribution in [0.1, 0.15) is 10.4 Å². The van der Waals surface area contributed by atoms with Crippen molar-refractivity contribution in [2.24, 2.45) is 0 Å². The summed E-state index contributed by atoms with van der Waals surface area (Å²) in [7, 11) is 1.52. The van der Waals surface area contributed by atoms with Crippen LogP contribution in [0.2, 0.25) is 0 Å². The molecule has 20 heavy (non-hydrogen) atoms. The van der Waals surface area contributed by atoms with Crippen molar-refractivity contribution in [2.75, 3.05) is 24.4 Å². The highest BCUT2D eigenvalue weighted by atomic mass is 32.2. The average molecular weight is 288 g/mol. The summed E-state index contributed by atoms with van der Waals surface area (Å²) in [6.07, 6.45) is 1.96. The van der Waals surface area contributed by atoms with Gasteiger partial charge in [-0.1, -0.05) is 18.2 Å². The highest BCUT2D eigenvalue weighted by molar-refractivity contribution is 7.98. The first-order chi connectivity index (χ1) is 9.67. The van der Waals surface area contributed by atoms with E-state index in [1.807, 2.05) is 30.5 Å². The number of carbonyl (C=O) groups is 1. The molecule has 0 heterocycles. The summed E-state index contributed by atoms with van der Waals surface area (Å²) < 4.78 is 5.12. The van der Waals surface area contributed by atoms with Gasteiger partial charge in [-0.05, 0) is 30.5 Å². The number of anilines is 2. The third-order valence-electron chi connectivity index (χ3n) is 2.89. The molecule has 0 saturated heterocycles. The summed E-state index contributed by atoms with van der Waals surface area (Å²) in [6, 6.07) is 12.8. The number of nitrogen functional groups attached to an aromatic ring is 1. The number of thioether (sulfide) groups is 1. The molecule has 2 rings (SSSR count). The fourth-order valence-electron chi connectivity index (χ4n) is 1.86. The zero-order valence-corrected chi connectivity index (χ0v) is 12.2. The molecule has 0 bridgehead atoms. The second kappa shape index (κ2) is 6.34. The van der Waals surface area contributed by atoms with Gasteiger partial charge in [0, 0.05) is 4.90 Å². The SMILES string of the molecule is COc1cccc(C(=O)Nc2ccccc2SC)c1N. The number of carbonyl (C=O) groups excluding carboxylic acids is 1. The number of para-hydroxylation sites is 2. The molecule has 0 aliphatic rings. The van der Waals surface area contributed by atoms with Crippen LogP contribution in [0, 0.1) is 0 Å². The van der Waals surface area contributed by atoms with Crippen molar-refractivity contribution in [1.29, 1.82) is 0 Å². The number of hydrogen-bond acceptors (Lipinski definition) is 4. The molecule has 2 aromatic carbocycles. The topological polar surface area (TPSA) is 64.3 Å². The van der Waals surface area contributed by atoms with Crippen molar-refractivity contribution in [3.05, 3.63) is 48.0 Å². The molecule has 0 aliphatic carbocycles. The minimum absolute atomic E-state index is 0.247. The Labute approximate surface area is 122 Å². The van der Waals surface area contributed by atoms with Crippen molar-refractivity contribution in [3.8, 4) is 5.75 Å². The molecule has 3 N–H and O–H groups in total. The van der Waals surface area contributed by atoms with E-state index in [9.17, 15) is 4.79 Å². The molecule has 0 atom stereocenters. The molecule has 0 aliphatic heterocycles. The van der Waals surface area contributed by atoms with Crippen molar-refractivity contribution in [1.82, 2.24) is 0 Å². The Balaban J connectivity index is 2.29. The Kier molecular flexibility index (Phi) is 4.53. The Morgan fingerprint density at radius 2 is 1.95 bits per heavy atom. The highest BCUT2D eigenvalue weighted by Crippen LogP contribution is 2.28. The van der Waals surface area contributed by atoms with Gasteiger partial charge in [0.15, 0.2) is 0 Å². The van der Waals surface area contributed by atoms with E-state index < -0.39 is 0 Å². The number of nitrogens with two attached hydrogens (primary N) is 1. The third-order valence-corrected chi connectivity index (χ3v) is 3.68. The van der Waals surface area contributed by atoms with Crippen LogP contribution in [0.3, 0.4) is 0 Å². The zero-order chi connectivity index (χ0) is 14.5. The summed E-state index contributed by atoms with van der Waals surface area (Å²) in [5, 5.41) is 2.87. The molecule has 4 nitrogen and oxygen atoms in total. The second-order valence-electron chi connectivity index (χ2n) is 4.08. The van der Waals surface area contributed by atoms with E-state index >= 15 is 0 Å². The fraction of sp³-hybridized carbons (Fsp3) is 0.133. The van der Waals surface area contributed by atoms with Gasteiger partial charge in [-0.2, -0.15) is 0 Å². The summed E-state index contributed by atoms with van der Waals surface area (Å²) in [5.74, 6) is 0.249. The van der Waals surface area contributed by atoms with E-state index in [4.69, 9.17) is 10.5 Å². The zero-order valence-electron chi connectivity index (χ0n) is 11.3. The summed E-state index contributed by atoms with van der Waals surface area (Å²) in [4.78, 5) is 13.3. The molecule has 5 heteroatoms. The van der Waals surface area contributed by atoms with Gasteiger partial charge < -0.3 is 15.8 Å². The standard InChI is InChI=1S/C15H16N2O2S/c1-19-12-8-5-6-10(14(12)16)15(18)17-11-7-3-4-9-13(11)20-2/h3-9H,16H2,1-2H3,(H,17,18). The first kappa shape index (κ1) is 14.3. The quantitative estimate of drug-likeness (QED) is 0.669. The predicted molar refractivity (Wildman–Crippen MR) is 83.6 cm³/mol. The smallest absolute Gasteiger partial charge is 0.257 e.